The Morgan fingerprint density at radius 2 is 1.58 bits per heavy atom. The van der Waals surface area contributed by atoms with Gasteiger partial charge in [0.1, 0.15) is 18.4 Å². The van der Waals surface area contributed by atoms with Crippen LogP contribution in [0.1, 0.15) is 36.5 Å². The predicted octanol–water partition coefficient (Wildman–Crippen LogP) is 6.54. The molecule has 4 aromatic carbocycles. The van der Waals surface area contributed by atoms with Gasteiger partial charge in [0.15, 0.2) is 0 Å². The van der Waals surface area contributed by atoms with Gasteiger partial charge in [0, 0.05) is 24.5 Å². The topological polar surface area (TPSA) is 86.8 Å². The monoisotopic (exact) mass is 649 g/mol. The molecule has 7 nitrogen and oxygen atoms in total. The van der Waals surface area contributed by atoms with Gasteiger partial charge in [-0.1, -0.05) is 91.2 Å². The van der Waals surface area contributed by atoms with Crippen LogP contribution in [0.4, 0.5) is 10.1 Å². The smallest absolute Gasteiger partial charge is 0.264 e. The Kier molecular flexibility index (Phi) is 11.7. The quantitative estimate of drug-likeness (QED) is 0.157. The molecule has 10 heteroatoms. The van der Waals surface area contributed by atoms with Crippen molar-refractivity contribution in [3.63, 3.8) is 0 Å². The molecule has 0 aliphatic heterocycles. The van der Waals surface area contributed by atoms with Crippen LogP contribution in [0.5, 0.6) is 0 Å². The van der Waals surface area contributed by atoms with E-state index < -0.39 is 34.3 Å². The van der Waals surface area contributed by atoms with Crippen molar-refractivity contribution in [3.8, 4) is 0 Å². The highest BCUT2D eigenvalue weighted by Gasteiger charge is 2.34. The Morgan fingerprint density at radius 1 is 0.889 bits per heavy atom. The van der Waals surface area contributed by atoms with Crippen LogP contribution in [-0.2, 0) is 32.6 Å². The number of halogens is 2. The number of amides is 2. The molecule has 236 valence electrons. The molecule has 0 saturated carbocycles. The standard InChI is InChI=1S/C35H37ClFN3O4S/c1-3-4-21-38-35(42)33(22-27-9-6-5-7-10-27)39(24-28-15-17-30(37)18-16-28)34(41)25-40(31-12-8-11-29(36)23-31)45(43,44)32-19-13-26(2)14-20-32/h5-20,23,33H,3-4,21-22,24-25H2,1-2H3,(H,38,42). The molecule has 45 heavy (non-hydrogen) atoms. The summed E-state index contributed by atoms with van der Waals surface area (Å²) in [6, 6.07) is 26.6. The zero-order valence-corrected chi connectivity index (χ0v) is 26.9. The largest absolute Gasteiger partial charge is 0.354 e. The number of hydrogen-bond acceptors (Lipinski definition) is 4. The number of unbranched alkanes of at least 4 members (excludes halogenated alkanes) is 1. The van der Waals surface area contributed by atoms with Gasteiger partial charge in [-0.05, 0) is 66.9 Å². The highest BCUT2D eigenvalue weighted by Crippen LogP contribution is 2.27. The van der Waals surface area contributed by atoms with Gasteiger partial charge in [-0.25, -0.2) is 12.8 Å². The van der Waals surface area contributed by atoms with Gasteiger partial charge in [0.25, 0.3) is 10.0 Å². The van der Waals surface area contributed by atoms with E-state index in [1.807, 2.05) is 44.2 Å². The number of benzene rings is 4. The maximum Gasteiger partial charge on any atom is 0.264 e. The van der Waals surface area contributed by atoms with E-state index in [1.165, 1.54) is 35.2 Å². The van der Waals surface area contributed by atoms with E-state index in [-0.39, 0.29) is 29.5 Å². The molecule has 0 fully saturated rings. The van der Waals surface area contributed by atoms with E-state index in [9.17, 15) is 22.4 Å². The van der Waals surface area contributed by atoms with Gasteiger partial charge in [-0.2, -0.15) is 0 Å². The highest BCUT2D eigenvalue weighted by molar-refractivity contribution is 7.92. The second kappa shape index (κ2) is 15.7. The molecule has 2 amide bonds. The predicted molar refractivity (Wildman–Crippen MR) is 176 cm³/mol. The molecular weight excluding hydrogens is 613 g/mol. The number of hydrogen-bond donors (Lipinski definition) is 1. The van der Waals surface area contributed by atoms with Crippen LogP contribution in [0.2, 0.25) is 5.02 Å². The number of sulfonamides is 1. The van der Waals surface area contributed by atoms with Crippen molar-refractivity contribution in [2.45, 2.75) is 50.6 Å². The van der Waals surface area contributed by atoms with E-state index in [4.69, 9.17) is 11.6 Å². The van der Waals surface area contributed by atoms with Gasteiger partial charge in [0.2, 0.25) is 11.8 Å². The first-order chi connectivity index (χ1) is 21.6. The molecule has 0 aliphatic rings. The van der Waals surface area contributed by atoms with E-state index in [0.717, 1.165) is 28.3 Å². The molecule has 0 saturated heterocycles. The van der Waals surface area contributed by atoms with Gasteiger partial charge in [-0.3, -0.25) is 13.9 Å². The Hall–Kier alpha value is -4.21. The van der Waals surface area contributed by atoms with Crippen LogP contribution < -0.4 is 9.62 Å². The fraction of sp³-hybridized carbons (Fsp3) is 0.257. The molecule has 4 rings (SSSR count). The Labute approximate surface area is 269 Å². The zero-order valence-electron chi connectivity index (χ0n) is 25.3. The third-order valence-electron chi connectivity index (χ3n) is 7.35. The average molecular weight is 650 g/mol. The Morgan fingerprint density at radius 3 is 2.22 bits per heavy atom. The molecule has 0 bridgehead atoms. The molecule has 0 spiro atoms. The second-order valence-electron chi connectivity index (χ2n) is 10.8. The summed E-state index contributed by atoms with van der Waals surface area (Å²) in [5.41, 5.74) is 2.48. The maximum atomic E-state index is 14.4. The van der Waals surface area contributed by atoms with Crippen molar-refractivity contribution < 1.29 is 22.4 Å². The number of rotatable bonds is 14. The molecule has 0 heterocycles. The first kappa shape index (κ1) is 33.7. The van der Waals surface area contributed by atoms with Crippen LogP contribution in [0.3, 0.4) is 0 Å². The lowest BCUT2D eigenvalue weighted by molar-refractivity contribution is -0.140. The molecule has 0 aromatic heterocycles. The number of carbonyl (C=O) groups excluding carboxylic acids is 2. The Bertz CT molecular complexity index is 1680. The fourth-order valence-corrected chi connectivity index (χ4v) is 6.43. The molecule has 1 atom stereocenters. The van der Waals surface area contributed by atoms with E-state index in [1.54, 1.807) is 42.5 Å². The average Bonchev–Trinajstić information content (AvgIpc) is 3.03. The van der Waals surface area contributed by atoms with Gasteiger partial charge >= 0.3 is 0 Å². The first-order valence-corrected chi connectivity index (χ1v) is 16.6. The number of carbonyl (C=O) groups is 2. The lowest BCUT2D eigenvalue weighted by Gasteiger charge is -2.34. The van der Waals surface area contributed by atoms with Gasteiger partial charge in [0.05, 0.1) is 10.6 Å². The molecule has 0 aliphatic carbocycles. The minimum atomic E-state index is -4.24. The summed E-state index contributed by atoms with van der Waals surface area (Å²) in [6.45, 7) is 3.63. The van der Waals surface area contributed by atoms with Gasteiger partial charge < -0.3 is 10.2 Å². The normalized spacial score (nSPS) is 11.9. The SMILES string of the molecule is CCCCNC(=O)C(Cc1ccccc1)N(Cc1ccc(F)cc1)C(=O)CN(c1cccc(Cl)c1)S(=O)(=O)c1ccc(C)cc1. The molecular formula is C35H37ClFN3O4S. The summed E-state index contributed by atoms with van der Waals surface area (Å²) in [7, 11) is -4.24. The number of aryl methyl sites for hydroxylation is 1. The lowest BCUT2D eigenvalue weighted by Crippen LogP contribution is -2.53. The molecule has 1 unspecified atom stereocenters. The first-order valence-electron chi connectivity index (χ1n) is 14.8. The van der Waals surface area contributed by atoms with Gasteiger partial charge in [-0.15, -0.1) is 0 Å². The zero-order chi connectivity index (χ0) is 32.4. The minimum Gasteiger partial charge on any atom is -0.354 e. The number of anilines is 1. The lowest BCUT2D eigenvalue weighted by atomic mass is 10.0. The Balaban J connectivity index is 1.78. The molecule has 1 N–H and O–H groups in total. The third-order valence-corrected chi connectivity index (χ3v) is 9.37. The summed E-state index contributed by atoms with van der Waals surface area (Å²) in [5, 5.41) is 3.24. The van der Waals surface area contributed by atoms with E-state index in [0.29, 0.717) is 17.1 Å². The summed E-state index contributed by atoms with van der Waals surface area (Å²) in [6.07, 6.45) is 1.81. The van der Waals surface area contributed by atoms with E-state index >= 15 is 0 Å². The summed E-state index contributed by atoms with van der Waals surface area (Å²) < 4.78 is 43.0. The fourth-order valence-electron chi connectivity index (χ4n) is 4.84. The summed E-state index contributed by atoms with van der Waals surface area (Å²) in [4.78, 5) is 29.5. The van der Waals surface area contributed by atoms with Crippen molar-refractivity contribution in [1.29, 1.82) is 0 Å². The molecule has 4 aromatic rings. The number of nitrogens with zero attached hydrogens (tertiary/aromatic N) is 2. The summed E-state index contributed by atoms with van der Waals surface area (Å²) in [5.74, 6) is -1.41. The van der Waals surface area contributed by atoms with Crippen molar-refractivity contribution in [1.82, 2.24) is 10.2 Å². The van der Waals surface area contributed by atoms with Crippen LogP contribution in [0, 0.1) is 12.7 Å². The second-order valence-corrected chi connectivity index (χ2v) is 13.1. The van der Waals surface area contributed by atoms with Crippen LogP contribution in [-0.4, -0.2) is 44.3 Å². The summed E-state index contributed by atoms with van der Waals surface area (Å²) >= 11 is 6.27. The molecule has 0 radical (unpaired) electrons. The van der Waals surface area contributed by atoms with Crippen molar-refractivity contribution in [2.75, 3.05) is 17.4 Å². The minimum absolute atomic E-state index is 0.00380. The van der Waals surface area contributed by atoms with Crippen LogP contribution in [0.25, 0.3) is 0 Å². The highest BCUT2D eigenvalue weighted by atomic mass is 35.5. The van der Waals surface area contributed by atoms with Crippen LogP contribution in [0.15, 0.2) is 108 Å². The number of nitrogens with one attached hydrogen (secondary N) is 1. The van der Waals surface area contributed by atoms with E-state index in [2.05, 4.69) is 5.32 Å². The third kappa shape index (κ3) is 9.15. The maximum absolute atomic E-state index is 14.4. The van der Waals surface area contributed by atoms with Crippen molar-refractivity contribution in [3.05, 3.63) is 131 Å². The van der Waals surface area contributed by atoms with Crippen LogP contribution >= 0.6 is 11.6 Å². The van der Waals surface area contributed by atoms with Crippen molar-refractivity contribution >= 4 is 39.1 Å². The van der Waals surface area contributed by atoms with Crippen molar-refractivity contribution in [2.24, 2.45) is 0 Å².